The van der Waals surface area contributed by atoms with E-state index in [1.807, 2.05) is 31.2 Å². The van der Waals surface area contributed by atoms with Crippen LogP contribution < -0.4 is 21.3 Å². The maximum Gasteiger partial charge on any atom is 0.272 e. The maximum absolute atomic E-state index is 12.4. The van der Waals surface area contributed by atoms with E-state index in [1.165, 1.54) is 45.0 Å². The topological polar surface area (TPSA) is 365 Å². The molecule has 6 aromatic heterocycles. The predicted octanol–water partition coefficient (Wildman–Crippen LogP) is 8.68. The van der Waals surface area contributed by atoms with Crippen LogP contribution in [0.3, 0.4) is 0 Å². The largest absolute Gasteiger partial charge is 0.387 e. The molecule has 1 aliphatic rings. The quantitative estimate of drug-likeness (QED) is 0.0372. The van der Waals surface area contributed by atoms with Crippen molar-refractivity contribution in [1.29, 1.82) is 15.8 Å². The maximum atomic E-state index is 12.4. The van der Waals surface area contributed by atoms with Gasteiger partial charge in [-0.05, 0) is 126 Å². The summed E-state index contributed by atoms with van der Waals surface area (Å²) in [5.74, 6) is -2.74. The van der Waals surface area contributed by atoms with E-state index in [0.717, 1.165) is 22.8 Å². The molecule has 0 spiro atoms. The van der Waals surface area contributed by atoms with Crippen LogP contribution in [0.4, 0.5) is 0 Å². The molecule has 0 saturated carbocycles. The number of nitrogens with one attached hydrogen (secondary N) is 7. The third kappa shape index (κ3) is 19.0. The second-order valence-corrected chi connectivity index (χ2v) is 21.3. The number of aromatic nitrogens is 12. The second kappa shape index (κ2) is 31.5. The molecule has 9 aromatic rings. The molecular formula is C61H62Cl3N19O6. The Bertz CT molecular complexity index is 4330. The van der Waals surface area contributed by atoms with Gasteiger partial charge in [0.05, 0.1) is 80.3 Å². The summed E-state index contributed by atoms with van der Waals surface area (Å²) in [4.78, 5) is 60.0. The Kier molecular flexibility index (Phi) is 20.5. The van der Waals surface area contributed by atoms with E-state index in [9.17, 15) is 29.1 Å². The highest BCUT2D eigenvalue weighted by molar-refractivity contribution is 6.32. The average Bonchev–Trinajstić information content (AvgIpc) is 1.83. The van der Waals surface area contributed by atoms with Crippen molar-refractivity contribution in [3.8, 4) is 52.0 Å². The summed E-state index contributed by atoms with van der Waals surface area (Å²) in [7, 11) is 0. The normalized spacial score (nSPS) is 14.0. The van der Waals surface area contributed by atoms with E-state index < -0.39 is 37.4 Å². The molecule has 1 saturated heterocycles. The van der Waals surface area contributed by atoms with Crippen molar-refractivity contribution in [1.82, 2.24) is 81.2 Å². The van der Waals surface area contributed by atoms with E-state index in [1.54, 1.807) is 113 Å². The Morgan fingerprint density at radius 1 is 0.562 bits per heavy atom. The van der Waals surface area contributed by atoms with Crippen LogP contribution >= 0.6 is 34.8 Å². The lowest BCUT2D eigenvalue weighted by Gasteiger charge is -2.13. The van der Waals surface area contributed by atoms with E-state index in [0.29, 0.717) is 68.5 Å². The molecule has 0 radical (unpaired) electrons. The number of halogens is 3. The summed E-state index contributed by atoms with van der Waals surface area (Å²) < 4.78 is 48.1. The minimum absolute atomic E-state index is 0.0205. The number of nitrogens with zero attached hydrogens (tertiary/aromatic N) is 12. The predicted molar refractivity (Wildman–Crippen MR) is 331 cm³/mol. The molecule has 7 heterocycles. The lowest BCUT2D eigenvalue weighted by atomic mass is 10.1. The Morgan fingerprint density at radius 3 is 1.27 bits per heavy atom. The van der Waals surface area contributed by atoms with Gasteiger partial charge < -0.3 is 26.4 Å². The van der Waals surface area contributed by atoms with Crippen molar-refractivity contribution in [3.05, 3.63) is 176 Å². The number of amides is 3. The summed E-state index contributed by atoms with van der Waals surface area (Å²) in [5.41, 5.74) is 5.54. The Balaban J connectivity index is 0.000000194. The highest BCUT2D eigenvalue weighted by Gasteiger charge is 2.20. The number of carbonyl (C=O) groups is 5. The van der Waals surface area contributed by atoms with Gasteiger partial charge in [-0.25, -0.2) is 0 Å². The Labute approximate surface area is 534 Å². The number of nitriles is 3. The minimum Gasteiger partial charge on any atom is -0.387 e. The van der Waals surface area contributed by atoms with Gasteiger partial charge >= 0.3 is 0 Å². The first-order chi connectivity index (χ1) is 45.0. The van der Waals surface area contributed by atoms with Crippen molar-refractivity contribution >= 4 is 64.1 Å². The van der Waals surface area contributed by atoms with Gasteiger partial charge in [0.25, 0.3) is 17.7 Å². The number of carbonyl (C=O) groups excluding carboxylic acids is 5. The van der Waals surface area contributed by atoms with E-state index >= 15 is 0 Å². The van der Waals surface area contributed by atoms with Crippen LogP contribution in [-0.4, -0.2) is 126 Å². The first kappa shape index (κ1) is 58.0. The molecule has 1 fully saturated rings. The van der Waals surface area contributed by atoms with Gasteiger partial charge in [-0.1, -0.05) is 53.0 Å². The van der Waals surface area contributed by atoms with Gasteiger partial charge in [-0.15, -0.1) is 0 Å². The van der Waals surface area contributed by atoms with Crippen molar-refractivity contribution < 1.29 is 37.3 Å². The van der Waals surface area contributed by atoms with Crippen molar-refractivity contribution in [2.45, 2.75) is 98.1 Å². The van der Waals surface area contributed by atoms with Crippen LogP contribution in [0.1, 0.15) is 143 Å². The van der Waals surface area contributed by atoms with Crippen molar-refractivity contribution in [2.24, 2.45) is 0 Å². The third-order valence-corrected chi connectivity index (χ3v) is 13.9. The minimum atomic E-state index is -2.83. The third-order valence-electron chi connectivity index (χ3n) is 12.9. The fourth-order valence-corrected chi connectivity index (χ4v) is 9.09. The molecule has 3 amide bonds. The van der Waals surface area contributed by atoms with Crippen LogP contribution in [-0.2, 0) is 19.6 Å². The van der Waals surface area contributed by atoms with Gasteiger partial charge in [0.15, 0.2) is 11.6 Å². The van der Waals surface area contributed by atoms with Gasteiger partial charge in [-0.3, -0.25) is 53.3 Å². The molecule has 8 N–H and O–H groups in total. The van der Waals surface area contributed by atoms with Crippen LogP contribution in [0, 0.1) is 34.0 Å². The molecule has 0 bridgehead atoms. The average molecular weight is 1270 g/mol. The van der Waals surface area contributed by atoms with Crippen LogP contribution in [0.15, 0.2) is 110 Å². The SMILES string of the molecule is C1CCNC1.CC(=O)c1cc(C(=O)N[C@@H](C)Cn2ccc(-c3ccc(C#N)c(Cl)c3)n2)[nH]n1.[2H]C([2H])([2H])C(=O)c1cc(C(=O)N[C@@H](C)Cn2ccc(-c3ccc(C#N)c(Cl)c3)n2)[nH]n1.[2H]C([2H])([2H])C(O)c1cc(C(=O)N[C@@H](C)Cn2ccc(-c3ccc(C#N)c(Cl)c3)n2)n[nH]1. The lowest BCUT2D eigenvalue weighted by molar-refractivity contribution is 0.0922. The standard InChI is InChI=1S/C19H19ClN6O2.2C19H17ClN6O2.C4H9N/c3*1-11(22-19(28)18-8-17(12(2)27)23-24-18)10-26-6-5-16(25-26)13-3-4-14(9-21)15(20)7-13;1-2-4-5-3-1/h3-8,11-12,27H,10H2,1-2H3,(H,22,28)(H,23,24);2*3-8,11H,10H2,1-2H3,(H,22,28)(H,23,24);5H,1-4H2/t11-,12?;2*11-;/m000./s1/i2*2D3;;. The fraction of sp³-hybridized carbons (Fsp3) is 0.279. The smallest absolute Gasteiger partial charge is 0.272 e. The van der Waals surface area contributed by atoms with Crippen molar-refractivity contribution in [2.75, 3.05) is 13.1 Å². The zero-order chi connectivity index (χ0) is 69.3. The molecule has 89 heavy (non-hydrogen) atoms. The zero-order valence-electron chi connectivity index (χ0n) is 54.1. The Hall–Kier alpha value is -10.1. The van der Waals surface area contributed by atoms with Crippen LogP contribution in [0.2, 0.25) is 15.1 Å². The number of rotatable bonds is 18. The molecule has 1 aliphatic heterocycles. The lowest BCUT2D eigenvalue weighted by Crippen LogP contribution is -2.36. The van der Waals surface area contributed by atoms with E-state index in [4.69, 9.17) is 58.8 Å². The second-order valence-electron chi connectivity index (χ2n) is 20.1. The summed E-state index contributed by atoms with van der Waals surface area (Å²) >= 11 is 18.2. The van der Waals surface area contributed by atoms with Gasteiger partial charge in [0, 0.05) is 75.4 Å². The number of aliphatic hydroxyl groups is 1. The van der Waals surface area contributed by atoms with Gasteiger partial charge in [0.1, 0.15) is 46.7 Å². The first-order valence-electron chi connectivity index (χ1n) is 30.3. The molecule has 28 heteroatoms. The molecule has 10 rings (SSSR count). The highest BCUT2D eigenvalue weighted by Crippen LogP contribution is 2.27. The van der Waals surface area contributed by atoms with Crippen molar-refractivity contribution in [3.63, 3.8) is 0 Å². The Morgan fingerprint density at radius 2 is 0.944 bits per heavy atom. The number of aliphatic hydroxyl groups excluding tert-OH is 1. The molecule has 25 nitrogen and oxygen atoms in total. The number of hydrogen-bond acceptors (Lipinski definition) is 16. The number of ketones is 2. The number of aromatic amines is 3. The molecule has 3 aromatic carbocycles. The van der Waals surface area contributed by atoms with Crippen LogP contribution in [0.25, 0.3) is 33.8 Å². The fourth-order valence-electron chi connectivity index (χ4n) is 8.42. The molecule has 458 valence electrons. The number of hydrogen-bond donors (Lipinski definition) is 8. The summed E-state index contributed by atoms with van der Waals surface area (Å²) in [5, 5.41) is 81.1. The summed E-state index contributed by atoms with van der Waals surface area (Å²) in [6.45, 7) is 5.00. The first-order valence-corrected chi connectivity index (χ1v) is 28.4. The number of Topliss-reactive ketones (excluding diaryl/α,β-unsaturated/α-hetero) is 2. The number of H-pyrrole nitrogens is 3. The molecular weight excluding hydrogens is 1200 g/mol. The van der Waals surface area contributed by atoms with E-state index in [2.05, 4.69) is 67.2 Å². The molecule has 1 unspecified atom stereocenters. The number of benzene rings is 3. The monoisotopic (exact) mass is 1270 g/mol. The van der Waals surface area contributed by atoms with Gasteiger partial charge in [-0.2, -0.15) is 46.4 Å². The zero-order valence-corrected chi connectivity index (χ0v) is 50.4. The van der Waals surface area contributed by atoms with Crippen LogP contribution in [0.5, 0.6) is 0 Å². The molecule has 0 aliphatic carbocycles. The highest BCUT2D eigenvalue weighted by atomic mass is 35.5. The summed E-state index contributed by atoms with van der Waals surface area (Å²) in [6, 6.07) is 29.5. The summed E-state index contributed by atoms with van der Waals surface area (Å²) in [6.07, 6.45) is 6.32. The van der Waals surface area contributed by atoms with Gasteiger partial charge in [0.2, 0.25) is 0 Å². The molecule has 4 atom stereocenters. The van der Waals surface area contributed by atoms with E-state index in [-0.39, 0.29) is 64.0 Å².